The van der Waals surface area contributed by atoms with E-state index in [1.165, 1.54) is 17.2 Å². The lowest BCUT2D eigenvalue weighted by atomic mass is 9.93. The van der Waals surface area contributed by atoms with Gasteiger partial charge >= 0.3 is 0 Å². The van der Waals surface area contributed by atoms with Crippen LogP contribution in [0.5, 0.6) is 0 Å². The second kappa shape index (κ2) is 9.13. The number of hydrogen-bond donors (Lipinski definition) is 3. The Morgan fingerprint density at radius 2 is 2.09 bits per heavy atom. The first-order valence-corrected chi connectivity index (χ1v) is 10.6. The van der Waals surface area contributed by atoms with Gasteiger partial charge in [-0.3, -0.25) is 19.3 Å². The van der Waals surface area contributed by atoms with Crippen LogP contribution in [0.4, 0.5) is 10.2 Å². The molecule has 0 saturated carbocycles. The lowest BCUT2D eigenvalue weighted by Crippen LogP contribution is -2.31. The number of pyridine rings is 1. The van der Waals surface area contributed by atoms with Crippen molar-refractivity contribution in [2.24, 2.45) is 11.7 Å². The van der Waals surface area contributed by atoms with Crippen molar-refractivity contribution in [1.29, 1.82) is 0 Å². The molecule has 2 fully saturated rings. The lowest BCUT2D eigenvalue weighted by Gasteiger charge is -2.16. The number of hydrogen-bond acceptors (Lipinski definition) is 6. The Labute approximate surface area is 184 Å². The Morgan fingerprint density at radius 1 is 1.28 bits per heavy atom. The number of nitrogens with zero attached hydrogens (tertiary/aromatic N) is 2. The van der Waals surface area contributed by atoms with Gasteiger partial charge in [0.05, 0.1) is 0 Å². The highest BCUT2D eigenvalue weighted by atomic mass is 19.1. The van der Waals surface area contributed by atoms with E-state index in [0.29, 0.717) is 42.9 Å². The van der Waals surface area contributed by atoms with Crippen LogP contribution in [-0.4, -0.2) is 53.4 Å². The van der Waals surface area contributed by atoms with E-state index in [4.69, 9.17) is 5.73 Å². The third-order valence-corrected chi connectivity index (χ3v) is 6.19. The van der Waals surface area contributed by atoms with E-state index in [0.717, 1.165) is 5.56 Å². The summed E-state index contributed by atoms with van der Waals surface area (Å²) in [5, 5.41) is 12.5. The third-order valence-electron chi connectivity index (χ3n) is 6.19. The Kier molecular flexibility index (Phi) is 6.29. The zero-order valence-electron chi connectivity index (χ0n) is 17.5. The summed E-state index contributed by atoms with van der Waals surface area (Å²) >= 11 is 0. The highest BCUT2D eigenvalue weighted by molar-refractivity contribution is 6.35. The van der Waals surface area contributed by atoms with E-state index < -0.39 is 11.7 Å². The molecule has 0 bridgehead atoms. The van der Waals surface area contributed by atoms with Crippen LogP contribution >= 0.6 is 0 Å². The molecule has 4 rings (SSSR count). The van der Waals surface area contributed by atoms with Crippen LogP contribution in [0, 0.1) is 11.7 Å². The Balaban J connectivity index is 1.44. The largest absolute Gasteiger partial charge is 0.396 e. The number of amides is 2. The summed E-state index contributed by atoms with van der Waals surface area (Å²) in [6.07, 6.45) is 2.49. The number of aliphatic hydroxyl groups is 1. The first-order chi connectivity index (χ1) is 15.4. The standard InChI is InChI=1S/C23H25FN4O4/c24-19-7-14(16-6-17(26-10-16)8-20(30)23(25)32)1-3-18(19)15-2-4-21(27-9-15)28-11-13(12-29)5-22(28)31/h1-4,7,9,13,16-17,26,29H,5-6,8,10-12H2,(H2,25,32)/t13?,16-,17?/m1/s1. The van der Waals surface area contributed by atoms with Crippen molar-refractivity contribution in [3.63, 3.8) is 0 Å². The molecule has 2 saturated heterocycles. The van der Waals surface area contributed by atoms with Crippen LogP contribution in [0.3, 0.4) is 0 Å². The highest BCUT2D eigenvalue weighted by Crippen LogP contribution is 2.32. The number of aromatic nitrogens is 1. The van der Waals surface area contributed by atoms with Crippen molar-refractivity contribution in [2.75, 3.05) is 24.6 Å². The maximum Gasteiger partial charge on any atom is 0.284 e. The van der Waals surface area contributed by atoms with Gasteiger partial charge in [0.2, 0.25) is 11.7 Å². The van der Waals surface area contributed by atoms with Gasteiger partial charge in [-0.1, -0.05) is 12.1 Å². The fourth-order valence-corrected chi connectivity index (χ4v) is 4.40. The molecule has 2 aliphatic heterocycles. The number of rotatable bonds is 7. The molecule has 9 heteroatoms. The average Bonchev–Trinajstić information content (AvgIpc) is 3.40. The molecule has 3 heterocycles. The second-order valence-electron chi connectivity index (χ2n) is 8.43. The fourth-order valence-electron chi connectivity index (χ4n) is 4.40. The Hall–Kier alpha value is -3.17. The van der Waals surface area contributed by atoms with Gasteiger partial charge in [-0.25, -0.2) is 9.37 Å². The minimum absolute atomic E-state index is 0.0328. The molecule has 1 aromatic heterocycles. The van der Waals surface area contributed by atoms with Gasteiger partial charge in [-0.05, 0) is 36.1 Å². The van der Waals surface area contributed by atoms with Crippen LogP contribution in [0.25, 0.3) is 11.1 Å². The van der Waals surface area contributed by atoms with Crippen molar-refractivity contribution < 1.29 is 23.9 Å². The Bertz CT molecular complexity index is 1040. The summed E-state index contributed by atoms with van der Waals surface area (Å²) in [5.41, 5.74) is 6.83. The first-order valence-electron chi connectivity index (χ1n) is 10.6. The molecular formula is C23H25FN4O4. The van der Waals surface area contributed by atoms with Crippen LogP contribution < -0.4 is 16.0 Å². The van der Waals surface area contributed by atoms with Crippen molar-refractivity contribution in [1.82, 2.24) is 10.3 Å². The summed E-state index contributed by atoms with van der Waals surface area (Å²) in [4.78, 5) is 40.5. The lowest BCUT2D eigenvalue weighted by molar-refractivity contribution is -0.136. The molecule has 4 N–H and O–H groups in total. The van der Waals surface area contributed by atoms with Gasteiger partial charge in [-0.15, -0.1) is 0 Å². The molecule has 168 valence electrons. The predicted octanol–water partition coefficient (Wildman–Crippen LogP) is 1.12. The number of benzene rings is 1. The van der Waals surface area contributed by atoms with E-state index in [1.807, 2.05) is 6.07 Å². The van der Waals surface area contributed by atoms with Gasteiger partial charge in [0.15, 0.2) is 0 Å². The number of ketones is 1. The minimum Gasteiger partial charge on any atom is -0.396 e. The van der Waals surface area contributed by atoms with Crippen molar-refractivity contribution in [2.45, 2.75) is 31.2 Å². The fraction of sp³-hybridized carbons (Fsp3) is 0.391. The van der Waals surface area contributed by atoms with Crippen LogP contribution in [0.1, 0.15) is 30.7 Å². The van der Waals surface area contributed by atoms with Crippen molar-refractivity contribution >= 4 is 23.4 Å². The molecule has 2 aromatic rings. The number of primary amides is 1. The van der Waals surface area contributed by atoms with Crippen LogP contribution in [-0.2, 0) is 14.4 Å². The molecule has 32 heavy (non-hydrogen) atoms. The molecule has 2 unspecified atom stereocenters. The van der Waals surface area contributed by atoms with Gasteiger partial charge in [-0.2, -0.15) is 0 Å². The molecule has 3 atom stereocenters. The summed E-state index contributed by atoms with van der Waals surface area (Å²) in [6.45, 7) is 0.966. The van der Waals surface area contributed by atoms with Crippen LogP contribution in [0.15, 0.2) is 36.5 Å². The number of halogens is 1. The normalized spacial score (nSPS) is 23.0. The quantitative estimate of drug-likeness (QED) is 0.554. The second-order valence-corrected chi connectivity index (χ2v) is 8.43. The van der Waals surface area contributed by atoms with Crippen molar-refractivity contribution in [3.8, 4) is 11.1 Å². The number of aliphatic hydroxyl groups excluding tert-OH is 1. The van der Waals surface area contributed by atoms with Gasteiger partial charge in [0, 0.05) is 61.8 Å². The molecule has 2 amide bonds. The zero-order valence-corrected chi connectivity index (χ0v) is 17.5. The number of Topliss-reactive ketones (excluding diaryl/α,β-unsaturated/α-hetero) is 1. The SMILES string of the molecule is NC(=O)C(=O)CC1C[C@@H](c2ccc(-c3ccc(N4CC(CO)CC4=O)nc3)c(F)c2)CN1. The highest BCUT2D eigenvalue weighted by Gasteiger charge is 2.31. The van der Waals surface area contributed by atoms with E-state index in [9.17, 15) is 23.9 Å². The minimum atomic E-state index is -0.937. The number of anilines is 1. The molecule has 0 aliphatic carbocycles. The van der Waals surface area contributed by atoms with E-state index in [2.05, 4.69) is 10.3 Å². The summed E-state index contributed by atoms with van der Waals surface area (Å²) in [5.74, 6) is -1.58. The maximum atomic E-state index is 14.9. The van der Waals surface area contributed by atoms with Crippen molar-refractivity contribution in [3.05, 3.63) is 47.9 Å². The Morgan fingerprint density at radius 3 is 2.72 bits per heavy atom. The first kappa shape index (κ1) is 22.0. The summed E-state index contributed by atoms with van der Waals surface area (Å²) in [7, 11) is 0. The average molecular weight is 440 g/mol. The number of carbonyl (C=O) groups excluding carboxylic acids is 3. The van der Waals surface area contributed by atoms with E-state index >= 15 is 0 Å². The third kappa shape index (κ3) is 4.53. The molecule has 8 nitrogen and oxygen atoms in total. The van der Waals surface area contributed by atoms with Gasteiger partial charge < -0.3 is 16.2 Å². The molecular weight excluding hydrogens is 415 g/mol. The summed E-state index contributed by atoms with van der Waals surface area (Å²) in [6, 6.07) is 8.30. The van der Waals surface area contributed by atoms with E-state index in [-0.39, 0.29) is 42.6 Å². The van der Waals surface area contributed by atoms with E-state index in [1.54, 1.807) is 18.2 Å². The number of nitrogens with one attached hydrogen (secondary N) is 1. The van der Waals surface area contributed by atoms with Gasteiger partial charge in [0.1, 0.15) is 11.6 Å². The predicted molar refractivity (Wildman–Crippen MR) is 115 cm³/mol. The van der Waals surface area contributed by atoms with Gasteiger partial charge in [0.25, 0.3) is 5.91 Å². The van der Waals surface area contributed by atoms with Crippen LogP contribution in [0.2, 0.25) is 0 Å². The topological polar surface area (TPSA) is 126 Å². The monoisotopic (exact) mass is 440 g/mol. The molecule has 0 radical (unpaired) electrons. The smallest absolute Gasteiger partial charge is 0.284 e. The summed E-state index contributed by atoms with van der Waals surface area (Å²) < 4.78 is 14.9. The molecule has 1 aromatic carbocycles. The molecule has 0 spiro atoms. The zero-order chi connectivity index (χ0) is 22.8. The maximum absolute atomic E-state index is 14.9. The number of carbonyl (C=O) groups is 3. The molecule has 2 aliphatic rings. The number of nitrogens with two attached hydrogens (primary N) is 1.